The van der Waals surface area contributed by atoms with Crippen molar-refractivity contribution in [2.24, 2.45) is 0 Å². The van der Waals surface area contributed by atoms with Crippen molar-refractivity contribution in [2.45, 2.75) is 5.60 Å². The van der Waals surface area contributed by atoms with Crippen molar-refractivity contribution in [3.8, 4) is 0 Å². The highest BCUT2D eigenvalue weighted by Gasteiger charge is 2.52. The number of ether oxygens (including phenoxy) is 1. The smallest absolute Gasteiger partial charge is 0.268 e. The van der Waals surface area contributed by atoms with Gasteiger partial charge in [-0.05, 0) is 11.6 Å². The highest BCUT2D eigenvalue weighted by Crippen LogP contribution is 2.47. The van der Waals surface area contributed by atoms with Gasteiger partial charge in [0.15, 0.2) is 5.60 Å². The molecule has 1 spiro atoms. The molecule has 0 aromatic heterocycles. The Labute approximate surface area is 100.0 Å². The summed E-state index contributed by atoms with van der Waals surface area (Å²) in [6.45, 7) is 4.41. The van der Waals surface area contributed by atoms with E-state index in [9.17, 15) is 4.79 Å². The molecule has 1 atom stereocenters. The number of carbonyl (C=O) groups excluding carboxylic acids is 1. The van der Waals surface area contributed by atoms with E-state index in [1.165, 1.54) is 0 Å². The van der Waals surface area contributed by atoms with Crippen LogP contribution in [0.2, 0.25) is 0 Å². The average Bonchev–Trinajstić information content (AvgIpc) is 2.57. The van der Waals surface area contributed by atoms with Gasteiger partial charge in [0, 0.05) is 12.6 Å². The summed E-state index contributed by atoms with van der Waals surface area (Å²) in [5, 5.41) is 0. The predicted molar refractivity (Wildman–Crippen MR) is 65.8 cm³/mol. The van der Waals surface area contributed by atoms with Gasteiger partial charge in [-0.25, -0.2) is 0 Å². The fourth-order valence-corrected chi connectivity index (χ4v) is 2.55. The van der Waals surface area contributed by atoms with Gasteiger partial charge in [0.2, 0.25) is 0 Å². The molecule has 0 fully saturated rings. The number of amides is 1. The van der Waals surface area contributed by atoms with Gasteiger partial charge in [-0.15, -0.1) is 0 Å². The van der Waals surface area contributed by atoms with Gasteiger partial charge < -0.3 is 9.64 Å². The van der Waals surface area contributed by atoms with Gasteiger partial charge in [-0.2, -0.15) is 0 Å². The molecule has 17 heavy (non-hydrogen) atoms. The normalized spacial score (nSPS) is 26.8. The van der Waals surface area contributed by atoms with E-state index < -0.39 is 5.60 Å². The van der Waals surface area contributed by atoms with Crippen molar-refractivity contribution in [3.63, 3.8) is 0 Å². The van der Waals surface area contributed by atoms with Gasteiger partial charge in [0.1, 0.15) is 0 Å². The maximum Gasteiger partial charge on any atom is 0.268 e. The van der Waals surface area contributed by atoms with Crippen molar-refractivity contribution < 1.29 is 9.53 Å². The third-order valence-electron chi connectivity index (χ3n) is 3.42. The molecule has 2 aliphatic rings. The first-order valence-corrected chi connectivity index (χ1v) is 5.55. The van der Waals surface area contributed by atoms with Crippen LogP contribution >= 0.6 is 0 Å². The number of hydrogen-bond acceptors (Lipinski definition) is 2. The maximum atomic E-state index is 12.5. The molecule has 1 aromatic carbocycles. The minimum atomic E-state index is -1.000. The Morgan fingerprint density at radius 3 is 2.94 bits per heavy atom. The molecule has 3 heteroatoms. The zero-order valence-electron chi connectivity index (χ0n) is 9.64. The van der Waals surface area contributed by atoms with Crippen LogP contribution in [-0.2, 0) is 15.1 Å². The van der Waals surface area contributed by atoms with Crippen LogP contribution in [0.3, 0.4) is 0 Å². The van der Waals surface area contributed by atoms with Crippen LogP contribution in [0, 0.1) is 0 Å². The maximum absolute atomic E-state index is 12.5. The lowest BCUT2D eigenvalue weighted by Crippen LogP contribution is -2.43. The summed E-state index contributed by atoms with van der Waals surface area (Å²) in [6.07, 6.45) is 3.75. The first kappa shape index (κ1) is 10.3. The zero-order chi connectivity index (χ0) is 12.0. The number of rotatable bonds is 0. The van der Waals surface area contributed by atoms with Gasteiger partial charge in [0.05, 0.1) is 12.3 Å². The van der Waals surface area contributed by atoms with Crippen LogP contribution in [0.5, 0.6) is 0 Å². The first-order valence-electron chi connectivity index (χ1n) is 5.55. The molecule has 0 bridgehead atoms. The molecular weight excluding hydrogens is 214 g/mol. The van der Waals surface area contributed by atoms with Crippen LogP contribution in [0.1, 0.15) is 5.56 Å². The molecule has 2 heterocycles. The van der Waals surface area contributed by atoms with E-state index in [-0.39, 0.29) is 5.91 Å². The summed E-state index contributed by atoms with van der Waals surface area (Å²) >= 11 is 0. The lowest BCUT2D eigenvalue weighted by molar-refractivity contribution is -0.137. The Hall–Kier alpha value is -1.87. The molecule has 0 saturated carbocycles. The van der Waals surface area contributed by atoms with Crippen LogP contribution in [0.4, 0.5) is 5.69 Å². The van der Waals surface area contributed by atoms with Gasteiger partial charge >= 0.3 is 0 Å². The number of carbonyl (C=O) groups is 1. The number of nitrogens with zero attached hydrogens (tertiary/aromatic N) is 1. The summed E-state index contributed by atoms with van der Waals surface area (Å²) in [6, 6.07) is 7.70. The third kappa shape index (κ3) is 1.12. The summed E-state index contributed by atoms with van der Waals surface area (Å²) in [7, 11) is 1.77. The zero-order valence-corrected chi connectivity index (χ0v) is 9.64. The van der Waals surface area contributed by atoms with Gasteiger partial charge in [-0.3, -0.25) is 4.79 Å². The molecule has 0 unspecified atom stereocenters. The van der Waals surface area contributed by atoms with Crippen LogP contribution in [0.15, 0.2) is 48.6 Å². The van der Waals surface area contributed by atoms with Crippen LogP contribution < -0.4 is 4.90 Å². The fourth-order valence-electron chi connectivity index (χ4n) is 2.55. The molecule has 1 amide bonds. The molecular formula is C14H13NO2. The molecule has 86 valence electrons. The largest absolute Gasteiger partial charge is 0.352 e. The summed E-state index contributed by atoms with van der Waals surface area (Å²) in [5.74, 6) is -0.0620. The molecule has 1 aromatic rings. The standard InChI is InChI=1S/C14H13NO2/c1-10-6-5-9-17-14(10)11-7-3-4-8-12(11)15(2)13(14)16/h3-8H,1,9H2,2H3/t14-/m1/s1. The lowest BCUT2D eigenvalue weighted by Gasteiger charge is -2.31. The van der Waals surface area contributed by atoms with Crippen LogP contribution in [0.25, 0.3) is 0 Å². The second kappa shape index (κ2) is 3.31. The molecule has 3 nitrogen and oxygen atoms in total. The Kier molecular flexibility index (Phi) is 2.00. The van der Waals surface area contributed by atoms with Gasteiger partial charge in [-0.1, -0.05) is 36.9 Å². The van der Waals surface area contributed by atoms with E-state index >= 15 is 0 Å². The summed E-state index contributed by atoms with van der Waals surface area (Å²) in [5.41, 5.74) is 1.49. The second-order valence-corrected chi connectivity index (χ2v) is 4.30. The summed E-state index contributed by atoms with van der Waals surface area (Å²) in [4.78, 5) is 14.1. The number of para-hydroxylation sites is 1. The van der Waals surface area contributed by atoms with Crippen molar-refractivity contribution in [1.82, 2.24) is 0 Å². The van der Waals surface area contributed by atoms with Crippen molar-refractivity contribution >= 4 is 11.6 Å². The highest BCUT2D eigenvalue weighted by atomic mass is 16.5. The van der Waals surface area contributed by atoms with Crippen LogP contribution in [-0.4, -0.2) is 19.6 Å². The van der Waals surface area contributed by atoms with E-state index in [0.717, 1.165) is 11.3 Å². The Bertz CT molecular complexity index is 547. The van der Waals surface area contributed by atoms with E-state index in [2.05, 4.69) is 6.58 Å². The second-order valence-electron chi connectivity index (χ2n) is 4.30. The van der Waals surface area contributed by atoms with E-state index in [4.69, 9.17) is 4.74 Å². The van der Waals surface area contributed by atoms with E-state index in [1.54, 1.807) is 11.9 Å². The monoisotopic (exact) mass is 227 g/mol. The SMILES string of the molecule is C=C1C=CCO[C@]12C(=O)N(C)c1ccccc12. The van der Waals surface area contributed by atoms with Crippen molar-refractivity contribution in [1.29, 1.82) is 0 Å². The highest BCUT2D eigenvalue weighted by molar-refractivity contribution is 6.09. The van der Waals surface area contributed by atoms with E-state index in [1.807, 2.05) is 36.4 Å². The molecule has 0 aliphatic carbocycles. The topological polar surface area (TPSA) is 29.5 Å². The quantitative estimate of drug-likeness (QED) is 0.678. The van der Waals surface area contributed by atoms with Gasteiger partial charge in [0.25, 0.3) is 5.91 Å². The molecule has 0 radical (unpaired) electrons. The number of benzene rings is 1. The molecule has 0 saturated heterocycles. The Morgan fingerprint density at radius 2 is 2.18 bits per heavy atom. The summed E-state index contributed by atoms with van der Waals surface area (Å²) < 4.78 is 5.77. The Morgan fingerprint density at radius 1 is 1.41 bits per heavy atom. The van der Waals surface area contributed by atoms with Crippen molar-refractivity contribution in [3.05, 3.63) is 54.1 Å². The molecule has 0 N–H and O–H groups in total. The minimum Gasteiger partial charge on any atom is -0.352 e. The van der Waals surface area contributed by atoms with Crippen molar-refractivity contribution in [2.75, 3.05) is 18.6 Å². The molecule has 3 rings (SSSR count). The first-order chi connectivity index (χ1) is 8.18. The predicted octanol–water partition coefficient (Wildman–Crippen LogP) is 2.00. The number of anilines is 1. The third-order valence-corrected chi connectivity index (χ3v) is 3.42. The minimum absolute atomic E-state index is 0.0620. The number of fused-ring (bicyclic) bond motifs is 2. The lowest BCUT2D eigenvalue weighted by atomic mass is 9.86. The van der Waals surface area contributed by atoms with E-state index in [0.29, 0.717) is 12.2 Å². The Balaban J connectivity index is 2.28. The average molecular weight is 227 g/mol. The molecule has 2 aliphatic heterocycles. The fraction of sp³-hybridized carbons (Fsp3) is 0.214. The number of hydrogen-bond donors (Lipinski definition) is 0. The number of likely N-dealkylation sites (N-methyl/N-ethyl adjacent to an activating group) is 1.